The lowest BCUT2D eigenvalue weighted by molar-refractivity contribution is 0.0696. The van der Waals surface area contributed by atoms with Crippen LogP contribution in [0.2, 0.25) is 10.0 Å². The normalized spacial score (nSPS) is 16.1. The van der Waals surface area contributed by atoms with E-state index in [9.17, 15) is 14.7 Å². The molecule has 1 atom stereocenters. The van der Waals surface area contributed by atoms with E-state index in [1.54, 1.807) is 12.1 Å². The van der Waals surface area contributed by atoms with Crippen molar-refractivity contribution in [1.82, 2.24) is 19.4 Å². The Balaban J connectivity index is 1.22. The standard InChI is InChI=1S/C43H42Cl2N6O3/c1-27(28-12-15-31(44)16-13-28)51-26-46-39(29-8-4-2-5-9-29)41(51)38-34-18-17-32(45)25-35(34)47-40(38)42(52)48-36-24-30(43(53)54)14-19-37(36)50-22-20-49(21-23-50)33-10-6-3-7-11-33/h2,4-5,8-9,12-19,24-27,33,47H,3,6-7,10-11,20-23H2,1H3,(H,48,52)(H,53,54)/t27-/m0/s1. The van der Waals surface area contributed by atoms with Crippen molar-refractivity contribution in [2.45, 2.75) is 51.1 Å². The fraction of sp³-hybridized carbons (Fsp3) is 0.279. The number of rotatable bonds is 9. The van der Waals surface area contributed by atoms with E-state index in [0.29, 0.717) is 44.2 Å². The molecule has 0 bridgehead atoms. The van der Waals surface area contributed by atoms with Gasteiger partial charge >= 0.3 is 5.97 Å². The maximum atomic E-state index is 14.8. The second-order valence-corrected chi connectivity index (χ2v) is 15.2. The molecule has 8 rings (SSSR count). The van der Waals surface area contributed by atoms with Crippen LogP contribution in [0, 0.1) is 0 Å². The highest BCUT2D eigenvalue weighted by molar-refractivity contribution is 6.31. The molecule has 1 aliphatic heterocycles. The molecule has 3 N–H and O–H groups in total. The predicted octanol–water partition coefficient (Wildman–Crippen LogP) is 10.0. The summed E-state index contributed by atoms with van der Waals surface area (Å²) in [7, 11) is 0. The van der Waals surface area contributed by atoms with Crippen LogP contribution in [0.4, 0.5) is 11.4 Å². The molecule has 276 valence electrons. The molecule has 0 radical (unpaired) electrons. The van der Waals surface area contributed by atoms with Gasteiger partial charge in [-0.2, -0.15) is 0 Å². The van der Waals surface area contributed by atoms with Crippen LogP contribution in [0.1, 0.15) is 71.5 Å². The number of fused-ring (bicyclic) bond motifs is 1. The van der Waals surface area contributed by atoms with E-state index in [-0.39, 0.29) is 11.6 Å². The Morgan fingerprint density at radius 2 is 1.59 bits per heavy atom. The van der Waals surface area contributed by atoms with Gasteiger partial charge in [0.05, 0.1) is 40.7 Å². The summed E-state index contributed by atoms with van der Waals surface area (Å²) in [5.41, 5.74) is 6.37. The molecule has 4 aromatic carbocycles. The summed E-state index contributed by atoms with van der Waals surface area (Å²) in [5, 5.41) is 15.1. The maximum Gasteiger partial charge on any atom is 0.335 e. The third kappa shape index (κ3) is 7.11. The number of carboxylic acids is 1. The molecule has 9 nitrogen and oxygen atoms in total. The number of carbonyl (C=O) groups excluding carboxylic acids is 1. The zero-order valence-corrected chi connectivity index (χ0v) is 31.6. The largest absolute Gasteiger partial charge is 0.478 e. The van der Waals surface area contributed by atoms with Gasteiger partial charge in [0.1, 0.15) is 5.69 Å². The Bertz CT molecular complexity index is 2310. The number of hydrogen-bond acceptors (Lipinski definition) is 5. The van der Waals surface area contributed by atoms with Crippen LogP contribution in [0.3, 0.4) is 0 Å². The minimum Gasteiger partial charge on any atom is -0.478 e. The zero-order chi connectivity index (χ0) is 37.3. The van der Waals surface area contributed by atoms with Crippen LogP contribution in [-0.4, -0.2) is 68.6 Å². The van der Waals surface area contributed by atoms with E-state index in [0.717, 1.165) is 54.1 Å². The number of amides is 1. The fourth-order valence-corrected chi connectivity index (χ4v) is 8.50. The summed E-state index contributed by atoms with van der Waals surface area (Å²) in [4.78, 5) is 40.2. The molecule has 2 aliphatic rings. The van der Waals surface area contributed by atoms with E-state index in [2.05, 4.69) is 31.6 Å². The van der Waals surface area contributed by atoms with Crippen molar-refractivity contribution in [3.63, 3.8) is 0 Å². The van der Waals surface area contributed by atoms with Crippen LogP contribution in [0.5, 0.6) is 0 Å². The molecule has 1 saturated carbocycles. The smallest absolute Gasteiger partial charge is 0.335 e. The maximum absolute atomic E-state index is 14.8. The average Bonchev–Trinajstić information content (AvgIpc) is 3.80. The van der Waals surface area contributed by atoms with Crippen molar-refractivity contribution < 1.29 is 14.7 Å². The molecule has 54 heavy (non-hydrogen) atoms. The first-order valence-corrected chi connectivity index (χ1v) is 19.4. The number of aromatic nitrogens is 3. The summed E-state index contributed by atoms with van der Waals surface area (Å²) >= 11 is 12.8. The molecule has 2 fully saturated rings. The first-order chi connectivity index (χ1) is 26.2. The number of aromatic amines is 1. The van der Waals surface area contributed by atoms with Crippen LogP contribution in [-0.2, 0) is 0 Å². The molecule has 0 unspecified atom stereocenters. The van der Waals surface area contributed by atoms with Crippen molar-refractivity contribution in [3.8, 4) is 22.5 Å². The Morgan fingerprint density at radius 1 is 0.870 bits per heavy atom. The van der Waals surface area contributed by atoms with E-state index in [1.807, 2.05) is 85.2 Å². The molecule has 11 heteroatoms. The molecule has 6 aromatic rings. The molecular weight excluding hydrogens is 719 g/mol. The predicted molar refractivity (Wildman–Crippen MR) is 217 cm³/mol. The van der Waals surface area contributed by atoms with Crippen LogP contribution in [0.15, 0.2) is 97.3 Å². The number of piperazine rings is 1. The van der Waals surface area contributed by atoms with Gasteiger partial charge in [-0.05, 0) is 67.8 Å². The van der Waals surface area contributed by atoms with Gasteiger partial charge in [-0.25, -0.2) is 9.78 Å². The number of nitrogens with one attached hydrogen (secondary N) is 2. The Hall–Kier alpha value is -5.09. The lowest BCUT2D eigenvalue weighted by Gasteiger charge is -2.42. The molecule has 2 aromatic heterocycles. The van der Waals surface area contributed by atoms with Crippen molar-refractivity contribution in [2.75, 3.05) is 36.4 Å². The first-order valence-electron chi connectivity index (χ1n) is 18.6. The Morgan fingerprint density at radius 3 is 2.31 bits per heavy atom. The average molecular weight is 762 g/mol. The molecular formula is C43H42Cl2N6O3. The molecule has 1 amide bonds. The van der Waals surface area contributed by atoms with Crippen molar-refractivity contribution in [2.24, 2.45) is 0 Å². The highest BCUT2D eigenvalue weighted by Crippen LogP contribution is 2.42. The van der Waals surface area contributed by atoms with Crippen LogP contribution < -0.4 is 10.2 Å². The minimum atomic E-state index is -1.06. The summed E-state index contributed by atoms with van der Waals surface area (Å²) in [6.45, 7) is 5.49. The van der Waals surface area contributed by atoms with Gasteiger partial charge in [0, 0.05) is 64.3 Å². The monoisotopic (exact) mass is 760 g/mol. The third-order valence-electron chi connectivity index (χ3n) is 11.1. The van der Waals surface area contributed by atoms with E-state index >= 15 is 0 Å². The number of imidazole rings is 1. The van der Waals surface area contributed by atoms with Gasteiger partial charge in [0.25, 0.3) is 5.91 Å². The van der Waals surface area contributed by atoms with Gasteiger partial charge in [0.15, 0.2) is 0 Å². The minimum absolute atomic E-state index is 0.0970. The topological polar surface area (TPSA) is 106 Å². The van der Waals surface area contributed by atoms with Crippen LogP contribution >= 0.6 is 23.2 Å². The molecule has 0 spiro atoms. The van der Waals surface area contributed by atoms with E-state index < -0.39 is 11.9 Å². The number of nitrogens with zero attached hydrogens (tertiary/aromatic N) is 4. The fourth-order valence-electron chi connectivity index (χ4n) is 8.20. The Labute approximate surface area is 324 Å². The van der Waals surface area contributed by atoms with Crippen LogP contribution in [0.25, 0.3) is 33.4 Å². The van der Waals surface area contributed by atoms with Gasteiger partial charge < -0.3 is 24.9 Å². The third-order valence-corrected chi connectivity index (χ3v) is 11.6. The lowest BCUT2D eigenvalue weighted by Crippen LogP contribution is -2.51. The summed E-state index contributed by atoms with van der Waals surface area (Å²) in [6, 6.07) is 28.6. The molecule has 3 heterocycles. The van der Waals surface area contributed by atoms with Gasteiger partial charge in [-0.3, -0.25) is 9.69 Å². The lowest BCUT2D eigenvalue weighted by atomic mass is 9.94. The number of carboxylic acid groups (broad SMARTS) is 1. The number of anilines is 2. The number of carbonyl (C=O) groups is 2. The van der Waals surface area contributed by atoms with Crippen molar-refractivity contribution in [3.05, 3.63) is 124 Å². The first kappa shape index (κ1) is 35.9. The number of H-pyrrole nitrogens is 1. The van der Waals surface area contributed by atoms with E-state index in [1.165, 1.54) is 32.1 Å². The van der Waals surface area contributed by atoms with Gasteiger partial charge in [-0.1, -0.05) is 91.0 Å². The zero-order valence-electron chi connectivity index (χ0n) is 30.1. The highest BCUT2D eigenvalue weighted by Gasteiger charge is 2.30. The Kier molecular flexibility index (Phi) is 10.2. The quantitative estimate of drug-likeness (QED) is 0.136. The SMILES string of the molecule is C[C@@H](c1ccc(Cl)cc1)n1cnc(-c2ccccc2)c1-c1c(C(=O)Nc2cc(C(=O)O)ccc2N2CCN(C3CCCCC3)CC2)[nH]c2cc(Cl)ccc12. The van der Waals surface area contributed by atoms with Gasteiger partial charge in [-0.15, -0.1) is 0 Å². The van der Waals surface area contributed by atoms with E-state index in [4.69, 9.17) is 28.2 Å². The summed E-state index contributed by atoms with van der Waals surface area (Å²) in [6.07, 6.45) is 8.19. The molecule has 1 saturated heterocycles. The summed E-state index contributed by atoms with van der Waals surface area (Å²) < 4.78 is 2.09. The number of halogens is 2. The van der Waals surface area contributed by atoms with Crippen molar-refractivity contribution in [1.29, 1.82) is 0 Å². The second-order valence-electron chi connectivity index (χ2n) is 14.3. The van der Waals surface area contributed by atoms with Gasteiger partial charge in [0.2, 0.25) is 0 Å². The highest BCUT2D eigenvalue weighted by atomic mass is 35.5. The number of hydrogen-bond donors (Lipinski definition) is 3. The number of benzene rings is 4. The summed E-state index contributed by atoms with van der Waals surface area (Å²) in [5.74, 6) is -1.47. The number of aromatic carboxylic acids is 1. The second kappa shape index (κ2) is 15.3. The van der Waals surface area contributed by atoms with Crippen molar-refractivity contribution >= 4 is 57.4 Å². The molecule has 1 aliphatic carbocycles.